The van der Waals surface area contributed by atoms with E-state index < -0.39 is 5.41 Å². The van der Waals surface area contributed by atoms with Gasteiger partial charge < -0.3 is 11.1 Å². The van der Waals surface area contributed by atoms with Crippen molar-refractivity contribution in [2.75, 3.05) is 5.73 Å². The molecule has 4 N–H and O–H groups in total. The van der Waals surface area contributed by atoms with E-state index in [4.69, 9.17) is 5.73 Å². The minimum absolute atomic E-state index is 0.0292. The number of hydrogen-bond acceptors (Lipinski definition) is 3. The Morgan fingerprint density at radius 1 is 1.37 bits per heavy atom. The maximum Gasteiger partial charge on any atom is 0.230 e. The van der Waals surface area contributed by atoms with Gasteiger partial charge in [-0.25, -0.2) is 0 Å². The van der Waals surface area contributed by atoms with E-state index in [1.54, 1.807) is 24.5 Å². The number of amides is 1. The largest absolute Gasteiger partial charge is 0.399 e. The summed E-state index contributed by atoms with van der Waals surface area (Å²) in [6.07, 6.45) is 3.45. The Hall–Kier alpha value is -2.30. The zero-order valence-electron chi connectivity index (χ0n) is 11.1. The number of carbonyl (C=O) groups is 1. The van der Waals surface area contributed by atoms with Crippen LogP contribution in [-0.2, 0) is 16.8 Å². The van der Waals surface area contributed by atoms with Crippen LogP contribution >= 0.6 is 0 Å². The van der Waals surface area contributed by atoms with E-state index in [1.165, 1.54) is 0 Å². The fourth-order valence-corrected chi connectivity index (χ4v) is 1.81. The van der Waals surface area contributed by atoms with Gasteiger partial charge in [0.15, 0.2) is 0 Å². The molecule has 5 nitrogen and oxygen atoms in total. The molecule has 0 fully saturated rings. The van der Waals surface area contributed by atoms with Crippen molar-refractivity contribution in [1.82, 2.24) is 15.5 Å². The van der Waals surface area contributed by atoms with E-state index in [0.717, 1.165) is 11.1 Å². The first-order chi connectivity index (χ1) is 9.00. The van der Waals surface area contributed by atoms with Crippen molar-refractivity contribution in [2.45, 2.75) is 25.8 Å². The number of H-pyrrole nitrogens is 1. The maximum atomic E-state index is 12.3. The van der Waals surface area contributed by atoms with Crippen LogP contribution in [0.5, 0.6) is 0 Å². The van der Waals surface area contributed by atoms with Crippen molar-refractivity contribution in [3.05, 3.63) is 47.8 Å². The molecule has 19 heavy (non-hydrogen) atoms. The first kappa shape index (κ1) is 13.1. The van der Waals surface area contributed by atoms with Crippen molar-refractivity contribution in [3.63, 3.8) is 0 Å². The third kappa shape index (κ3) is 2.93. The fraction of sp³-hybridized carbons (Fsp3) is 0.286. The lowest BCUT2D eigenvalue weighted by molar-refractivity contribution is -0.125. The molecule has 0 atom stereocenters. The number of aromatic amines is 1. The van der Waals surface area contributed by atoms with Gasteiger partial charge in [-0.05, 0) is 31.5 Å². The van der Waals surface area contributed by atoms with E-state index in [1.807, 2.05) is 26.0 Å². The van der Waals surface area contributed by atoms with Gasteiger partial charge in [0.2, 0.25) is 5.91 Å². The first-order valence-electron chi connectivity index (χ1n) is 6.12. The molecular formula is C14H18N4O. The Morgan fingerprint density at radius 3 is 2.63 bits per heavy atom. The number of anilines is 1. The molecule has 0 spiro atoms. The van der Waals surface area contributed by atoms with Crippen LogP contribution in [-0.4, -0.2) is 16.1 Å². The third-order valence-corrected chi connectivity index (χ3v) is 3.21. The van der Waals surface area contributed by atoms with E-state index >= 15 is 0 Å². The zero-order valence-corrected chi connectivity index (χ0v) is 11.1. The van der Waals surface area contributed by atoms with Crippen LogP contribution in [0.4, 0.5) is 5.69 Å². The summed E-state index contributed by atoms with van der Waals surface area (Å²) >= 11 is 0. The number of benzene rings is 1. The number of nitrogens with zero attached hydrogens (tertiary/aromatic N) is 1. The molecule has 0 aliphatic heterocycles. The predicted molar refractivity (Wildman–Crippen MR) is 74.3 cm³/mol. The fourth-order valence-electron chi connectivity index (χ4n) is 1.81. The van der Waals surface area contributed by atoms with Crippen LogP contribution in [0.1, 0.15) is 25.0 Å². The van der Waals surface area contributed by atoms with Crippen molar-refractivity contribution in [3.8, 4) is 0 Å². The summed E-state index contributed by atoms with van der Waals surface area (Å²) in [7, 11) is 0. The first-order valence-corrected chi connectivity index (χ1v) is 6.12. The SMILES string of the molecule is CC(C)(C(=O)NCc1cn[nH]c1)c1ccc(N)cc1. The number of aromatic nitrogens is 2. The molecule has 0 aliphatic rings. The molecule has 5 heteroatoms. The van der Waals surface area contributed by atoms with Gasteiger partial charge >= 0.3 is 0 Å². The van der Waals surface area contributed by atoms with Crippen LogP contribution in [0.3, 0.4) is 0 Å². The van der Waals surface area contributed by atoms with Crippen LogP contribution in [0.15, 0.2) is 36.7 Å². The number of nitrogen functional groups attached to an aromatic ring is 1. The van der Waals surface area contributed by atoms with E-state index in [-0.39, 0.29) is 5.91 Å². The predicted octanol–water partition coefficient (Wildman–Crippen LogP) is 1.59. The molecule has 1 aromatic carbocycles. The van der Waals surface area contributed by atoms with Gasteiger partial charge in [-0.1, -0.05) is 12.1 Å². The summed E-state index contributed by atoms with van der Waals surface area (Å²) in [5, 5.41) is 9.46. The lowest BCUT2D eigenvalue weighted by Gasteiger charge is -2.24. The summed E-state index contributed by atoms with van der Waals surface area (Å²) < 4.78 is 0. The molecule has 0 unspecified atom stereocenters. The van der Waals surface area contributed by atoms with Crippen LogP contribution in [0, 0.1) is 0 Å². The molecule has 1 heterocycles. The van der Waals surface area contributed by atoms with Gasteiger partial charge in [0.05, 0.1) is 11.6 Å². The highest BCUT2D eigenvalue weighted by molar-refractivity contribution is 5.87. The summed E-state index contributed by atoms with van der Waals surface area (Å²) in [6, 6.07) is 7.38. The molecule has 0 saturated carbocycles. The highest BCUT2D eigenvalue weighted by Gasteiger charge is 2.29. The molecule has 0 aliphatic carbocycles. The van der Waals surface area contributed by atoms with Gasteiger partial charge in [-0.3, -0.25) is 9.89 Å². The molecular weight excluding hydrogens is 240 g/mol. The number of carbonyl (C=O) groups excluding carboxylic acids is 1. The summed E-state index contributed by atoms with van der Waals surface area (Å²) in [4.78, 5) is 12.3. The number of nitrogens with one attached hydrogen (secondary N) is 2. The second-order valence-electron chi connectivity index (χ2n) is 5.04. The lowest BCUT2D eigenvalue weighted by atomic mass is 9.83. The van der Waals surface area contributed by atoms with Crippen LogP contribution < -0.4 is 11.1 Å². The Labute approximate surface area is 112 Å². The summed E-state index contributed by atoms with van der Waals surface area (Å²) in [5.41, 5.74) is 7.63. The molecule has 0 saturated heterocycles. The van der Waals surface area contributed by atoms with Crippen molar-refractivity contribution in [2.24, 2.45) is 0 Å². The van der Waals surface area contributed by atoms with Gasteiger partial charge in [0, 0.05) is 24.0 Å². The van der Waals surface area contributed by atoms with Crippen LogP contribution in [0.25, 0.3) is 0 Å². The summed E-state index contributed by atoms with van der Waals surface area (Å²) in [6.45, 7) is 4.25. The molecule has 0 bridgehead atoms. The average molecular weight is 258 g/mol. The molecule has 2 aromatic rings. The molecule has 1 amide bonds. The normalized spacial score (nSPS) is 11.3. The van der Waals surface area contributed by atoms with Gasteiger partial charge in [0.25, 0.3) is 0 Å². The highest BCUT2D eigenvalue weighted by atomic mass is 16.2. The Bertz CT molecular complexity index is 543. The minimum atomic E-state index is -0.600. The number of rotatable bonds is 4. The number of hydrogen-bond donors (Lipinski definition) is 3. The lowest BCUT2D eigenvalue weighted by Crippen LogP contribution is -2.39. The second-order valence-corrected chi connectivity index (χ2v) is 5.04. The van der Waals surface area contributed by atoms with E-state index in [2.05, 4.69) is 15.5 Å². The maximum absolute atomic E-state index is 12.3. The average Bonchev–Trinajstić information content (AvgIpc) is 2.89. The third-order valence-electron chi connectivity index (χ3n) is 3.21. The van der Waals surface area contributed by atoms with Gasteiger partial charge in [0.1, 0.15) is 0 Å². The molecule has 2 rings (SSSR count). The Balaban J connectivity index is 2.06. The number of nitrogens with two attached hydrogens (primary N) is 1. The topological polar surface area (TPSA) is 83.8 Å². The van der Waals surface area contributed by atoms with Crippen molar-refractivity contribution in [1.29, 1.82) is 0 Å². The minimum Gasteiger partial charge on any atom is -0.399 e. The van der Waals surface area contributed by atoms with E-state index in [9.17, 15) is 4.79 Å². The summed E-state index contributed by atoms with van der Waals surface area (Å²) in [5.74, 6) is -0.0292. The van der Waals surface area contributed by atoms with Crippen molar-refractivity contribution >= 4 is 11.6 Å². The molecule has 1 aromatic heterocycles. The second kappa shape index (κ2) is 5.14. The smallest absolute Gasteiger partial charge is 0.230 e. The van der Waals surface area contributed by atoms with Crippen molar-refractivity contribution < 1.29 is 4.79 Å². The van der Waals surface area contributed by atoms with Gasteiger partial charge in [-0.2, -0.15) is 5.10 Å². The Morgan fingerprint density at radius 2 is 2.05 bits per heavy atom. The highest BCUT2D eigenvalue weighted by Crippen LogP contribution is 2.24. The quantitative estimate of drug-likeness (QED) is 0.728. The van der Waals surface area contributed by atoms with Crippen LogP contribution in [0.2, 0.25) is 0 Å². The molecule has 0 radical (unpaired) electrons. The standard InChI is InChI=1S/C14H18N4O/c1-14(2,11-3-5-12(15)6-4-11)13(19)16-7-10-8-17-18-9-10/h3-6,8-9H,7,15H2,1-2H3,(H,16,19)(H,17,18). The monoisotopic (exact) mass is 258 g/mol. The molecule has 100 valence electrons. The Kier molecular flexibility index (Phi) is 3.55. The van der Waals surface area contributed by atoms with E-state index in [0.29, 0.717) is 12.2 Å². The zero-order chi connectivity index (χ0) is 13.9. The van der Waals surface area contributed by atoms with Gasteiger partial charge in [-0.15, -0.1) is 0 Å².